The molecule has 6 heteroatoms. The molecule has 1 heterocycles. The fourth-order valence-corrected chi connectivity index (χ4v) is 2.07. The van der Waals surface area contributed by atoms with Crippen LogP contribution in [0.3, 0.4) is 0 Å². The third kappa shape index (κ3) is 2.25. The van der Waals surface area contributed by atoms with Crippen LogP contribution in [0.25, 0.3) is 0 Å². The number of esters is 1. The van der Waals surface area contributed by atoms with Crippen molar-refractivity contribution in [3.63, 3.8) is 0 Å². The molecule has 0 bridgehead atoms. The van der Waals surface area contributed by atoms with Crippen molar-refractivity contribution in [2.45, 2.75) is 19.3 Å². The number of aromatic nitrogens is 1. The molecule has 6 nitrogen and oxygen atoms in total. The topological polar surface area (TPSA) is 82.3 Å². The van der Waals surface area contributed by atoms with E-state index in [1.807, 2.05) is 0 Å². The molecule has 0 saturated carbocycles. The van der Waals surface area contributed by atoms with Crippen LogP contribution in [0.5, 0.6) is 0 Å². The lowest BCUT2D eigenvalue weighted by molar-refractivity contribution is -0.385. The summed E-state index contributed by atoms with van der Waals surface area (Å²) in [7, 11) is 1.35. The Labute approximate surface area is 97.8 Å². The predicted molar refractivity (Wildman–Crippen MR) is 58.4 cm³/mol. The van der Waals surface area contributed by atoms with Crippen LogP contribution in [-0.4, -0.2) is 23.0 Å². The maximum absolute atomic E-state index is 11.4. The average molecular weight is 236 g/mol. The van der Waals surface area contributed by atoms with Crippen LogP contribution in [0.2, 0.25) is 0 Å². The Balaban J connectivity index is 2.26. The van der Waals surface area contributed by atoms with E-state index in [2.05, 4.69) is 9.72 Å². The molecule has 0 N–H and O–H groups in total. The van der Waals surface area contributed by atoms with Crippen LogP contribution >= 0.6 is 0 Å². The lowest BCUT2D eigenvalue weighted by Crippen LogP contribution is -2.24. The van der Waals surface area contributed by atoms with Crippen molar-refractivity contribution in [2.24, 2.45) is 5.92 Å². The second kappa shape index (κ2) is 4.48. The lowest BCUT2D eigenvalue weighted by Gasteiger charge is -2.21. The van der Waals surface area contributed by atoms with Gasteiger partial charge < -0.3 is 4.74 Å². The van der Waals surface area contributed by atoms with Crippen LogP contribution in [-0.2, 0) is 22.4 Å². The minimum atomic E-state index is -0.477. The van der Waals surface area contributed by atoms with Crippen molar-refractivity contribution in [3.05, 3.63) is 33.6 Å². The number of fused-ring (bicyclic) bond motifs is 1. The molecule has 0 radical (unpaired) electrons. The zero-order valence-electron chi connectivity index (χ0n) is 9.38. The molecule has 90 valence electrons. The van der Waals surface area contributed by atoms with Gasteiger partial charge in [0.2, 0.25) is 0 Å². The number of rotatable bonds is 2. The van der Waals surface area contributed by atoms with Gasteiger partial charge in [0.1, 0.15) is 6.20 Å². The molecule has 0 amide bonds. The van der Waals surface area contributed by atoms with Crippen molar-refractivity contribution >= 4 is 11.7 Å². The standard InChI is InChI=1S/C11H12N2O4/c1-17-11(14)7-2-3-10-8(4-7)5-9(6-12-10)13(15)16/h5-7H,2-4H2,1H3. The number of aryl methyl sites for hydroxylation is 1. The van der Waals surface area contributed by atoms with Crippen molar-refractivity contribution in [1.29, 1.82) is 0 Å². The van der Waals surface area contributed by atoms with Crippen LogP contribution < -0.4 is 0 Å². The van der Waals surface area contributed by atoms with E-state index in [9.17, 15) is 14.9 Å². The molecule has 1 atom stereocenters. The van der Waals surface area contributed by atoms with Gasteiger partial charge in [-0.2, -0.15) is 0 Å². The maximum Gasteiger partial charge on any atom is 0.309 e. The first-order valence-corrected chi connectivity index (χ1v) is 5.32. The van der Waals surface area contributed by atoms with Gasteiger partial charge in [-0.05, 0) is 24.8 Å². The Morgan fingerprint density at radius 3 is 3.06 bits per heavy atom. The number of methoxy groups -OCH3 is 1. The van der Waals surface area contributed by atoms with Gasteiger partial charge in [0.25, 0.3) is 5.69 Å². The highest BCUT2D eigenvalue weighted by molar-refractivity contribution is 5.73. The molecule has 0 saturated heterocycles. The Kier molecular flexibility index (Phi) is 3.03. The Morgan fingerprint density at radius 1 is 1.65 bits per heavy atom. The molecular weight excluding hydrogens is 224 g/mol. The number of carbonyl (C=O) groups is 1. The Hall–Kier alpha value is -1.98. The summed E-state index contributed by atoms with van der Waals surface area (Å²) < 4.78 is 4.69. The van der Waals surface area contributed by atoms with Gasteiger partial charge in [-0.3, -0.25) is 19.9 Å². The molecule has 2 rings (SSSR count). The van der Waals surface area contributed by atoms with E-state index in [1.165, 1.54) is 19.4 Å². The van der Waals surface area contributed by atoms with E-state index >= 15 is 0 Å². The summed E-state index contributed by atoms with van der Waals surface area (Å²) in [5.74, 6) is -0.474. The predicted octanol–water partition coefficient (Wildman–Crippen LogP) is 1.27. The fraction of sp³-hybridized carbons (Fsp3) is 0.455. The lowest BCUT2D eigenvalue weighted by atomic mass is 9.86. The fourth-order valence-electron chi connectivity index (χ4n) is 2.07. The van der Waals surface area contributed by atoms with E-state index in [0.29, 0.717) is 19.3 Å². The van der Waals surface area contributed by atoms with Crippen LogP contribution in [0.4, 0.5) is 5.69 Å². The number of hydrogen-bond acceptors (Lipinski definition) is 5. The van der Waals surface area contributed by atoms with Gasteiger partial charge in [-0.15, -0.1) is 0 Å². The van der Waals surface area contributed by atoms with Gasteiger partial charge in [0.15, 0.2) is 0 Å². The molecule has 17 heavy (non-hydrogen) atoms. The molecule has 0 aromatic carbocycles. The molecule has 1 aliphatic rings. The molecule has 1 unspecified atom stereocenters. The molecule has 0 aliphatic heterocycles. The number of hydrogen-bond donors (Lipinski definition) is 0. The Morgan fingerprint density at radius 2 is 2.41 bits per heavy atom. The summed E-state index contributed by atoms with van der Waals surface area (Å²) in [5, 5.41) is 10.6. The number of nitro groups is 1. The average Bonchev–Trinajstić information content (AvgIpc) is 2.36. The first-order chi connectivity index (χ1) is 8.11. The normalized spacial score (nSPS) is 18.3. The summed E-state index contributed by atoms with van der Waals surface area (Å²) in [6, 6.07) is 1.50. The third-order valence-electron chi connectivity index (χ3n) is 2.99. The van der Waals surface area contributed by atoms with Crippen LogP contribution in [0, 0.1) is 16.0 Å². The maximum atomic E-state index is 11.4. The minimum absolute atomic E-state index is 0.0331. The van der Waals surface area contributed by atoms with E-state index < -0.39 is 4.92 Å². The largest absolute Gasteiger partial charge is 0.469 e. The first-order valence-electron chi connectivity index (χ1n) is 5.32. The monoisotopic (exact) mass is 236 g/mol. The van der Waals surface area contributed by atoms with Crippen LogP contribution in [0.15, 0.2) is 12.3 Å². The number of pyridine rings is 1. The number of carbonyl (C=O) groups excluding carboxylic acids is 1. The zero-order chi connectivity index (χ0) is 12.4. The summed E-state index contributed by atoms with van der Waals surface area (Å²) >= 11 is 0. The van der Waals surface area contributed by atoms with E-state index in [4.69, 9.17) is 0 Å². The third-order valence-corrected chi connectivity index (χ3v) is 2.99. The number of ether oxygens (including phenoxy) is 1. The molecule has 1 aromatic rings. The molecule has 1 aliphatic carbocycles. The van der Waals surface area contributed by atoms with Crippen molar-refractivity contribution in [2.75, 3.05) is 7.11 Å². The van der Waals surface area contributed by atoms with Crippen LogP contribution in [0.1, 0.15) is 17.7 Å². The minimum Gasteiger partial charge on any atom is -0.469 e. The summed E-state index contributed by atoms with van der Waals surface area (Å²) in [6.45, 7) is 0. The highest BCUT2D eigenvalue weighted by atomic mass is 16.6. The summed E-state index contributed by atoms with van der Waals surface area (Å²) in [4.78, 5) is 25.6. The van der Waals surface area contributed by atoms with Crippen molar-refractivity contribution in [1.82, 2.24) is 4.98 Å². The SMILES string of the molecule is COC(=O)C1CCc2ncc([N+](=O)[O-])cc2C1. The Bertz CT molecular complexity index is 473. The highest BCUT2D eigenvalue weighted by Crippen LogP contribution is 2.27. The van der Waals surface area contributed by atoms with E-state index in [-0.39, 0.29) is 17.6 Å². The van der Waals surface area contributed by atoms with Gasteiger partial charge in [0, 0.05) is 11.8 Å². The van der Waals surface area contributed by atoms with Gasteiger partial charge >= 0.3 is 5.97 Å². The van der Waals surface area contributed by atoms with E-state index in [0.717, 1.165) is 11.3 Å². The first kappa shape index (κ1) is 11.5. The summed E-state index contributed by atoms with van der Waals surface area (Å²) in [6.07, 6.45) is 3.07. The second-order valence-corrected chi connectivity index (χ2v) is 4.02. The quantitative estimate of drug-likeness (QED) is 0.438. The highest BCUT2D eigenvalue weighted by Gasteiger charge is 2.27. The van der Waals surface area contributed by atoms with Crippen molar-refractivity contribution in [3.8, 4) is 0 Å². The van der Waals surface area contributed by atoms with Crippen molar-refractivity contribution < 1.29 is 14.5 Å². The van der Waals surface area contributed by atoms with Gasteiger partial charge in [-0.1, -0.05) is 0 Å². The summed E-state index contributed by atoms with van der Waals surface area (Å²) in [5.41, 5.74) is 1.59. The molecule has 0 fully saturated rings. The van der Waals surface area contributed by atoms with Gasteiger partial charge in [-0.25, -0.2) is 0 Å². The smallest absolute Gasteiger partial charge is 0.309 e. The van der Waals surface area contributed by atoms with E-state index in [1.54, 1.807) is 0 Å². The molecule has 0 spiro atoms. The second-order valence-electron chi connectivity index (χ2n) is 4.02. The zero-order valence-corrected chi connectivity index (χ0v) is 9.38. The van der Waals surface area contributed by atoms with Gasteiger partial charge in [0.05, 0.1) is 18.0 Å². The molecular formula is C11H12N2O4. The number of nitrogens with zero attached hydrogens (tertiary/aromatic N) is 2. The molecule has 1 aromatic heterocycles.